The largest absolute Gasteiger partial charge is 0.355 e. The molecule has 104 valence electrons. The van der Waals surface area contributed by atoms with E-state index in [-0.39, 0.29) is 11.8 Å². The molecule has 5 nitrogen and oxygen atoms in total. The lowest BCUT2D eigenvalue weighted by atomic mass is 9.93. The van der Waals surface area contributed by atoms with Crippen LogP contribution in [-0.4, -0.2) is 24.4 Å². The maximum atomic E-state index is 12.1. The molecule has 0 spiro atoms. The van der Waals surface area contributed by atoms with Crippen molar-refractivity contribution in [2.45, 2.75) is 32.2 Å². The molecule has 0 aliphatic rings. The van der Waals surface area contributed by atoms with E-state index in [9.17, 15) is 9.59 Å². The third-order valence-corrected chi connectivity index (χ3v) is 3.35. The van der Waals surface area contributed by atoms with Crippen molar-refractivity contribution < 1.29 is 9.59 Å². The van der Waals surface area contributed by atoms with Crippen molar-refractivity contribution >= 4 is 17.5 Å². The first-order valence-electron chi connectivity index (χ1n) is 6.39. The lowest BCUT2D eigenvalue weighted by molar-refractivity contribution is -0.121. The van der Waals surface area contributed by atoms with Crippen LogP contribution in [0, 0.1) is 0 Å². The van der Waals surface area contributed by atoms with Gasteiger partial charge in [-0.1, -0.05) is 13.8 Å². The van der Waals surface area contributed by atoms with Crippen LogP contribution in [0.2, 0.25) is 0 Å². The summed E-state index contributed by atoms with van der Waals surface area (Å²) in [5.74, 6) is -0.363. The molecule has 0 fully saturated rings. The monoisotopic (exact) mass is 263 g/mol. The molecule has 0 bridgehead atoms. The molecule has 0 unspecified atom stereocenters. The van der Waals surface area contributed by atoms with Gasteiger partial charge in [-0.25, -0.2) is 0 Å². The minimum atomic E-state index is -0.848. The van der Waals surface area contributed by atoms with Crippen LogP contribution >= 0.6 is 0 Å². The number of carbonyl (C=O) groups is 2. The summed E-state index contributed by atoms with van der Waals surface area (Å²) in [5, 5.41) is 5.31. The number of carbonyl (C=O) groups excluding carboxylic acids is 2. The van der Waals surface area contributed by atoms with E-state index in [1.807, 2.05) is 13.8 Å². The number of amides is 2. The Morgan fingerprint density at radius 3 is 2.11 bits per heavy atom. The van der Waals surface area contributed by atoms with Crippen LogP contribution in [0.25, 0.3) is 0 Å². The number of anilines is 1. The summed E-state index contributed by atoms with van der Waals surface area (Å²) in [7, 11) is 1.57. The van der Waals surface area contributed by atoms with Gasteiger partial charge in [0.1, 0.15) is 0 Å². The topological polar surface area (TPSA) is 84.2 Å². The maximum absolute atomic E-state index is 12.1. The van der Waals surface area contributed by atoms with E-state index in [2.05, 4.69) is 10.6 Å². The van der Waals surface area contributed by atoms with E-state index in [0.717, 1.165) is 0 Å². The van der Waals surface area contributed by atoms with E-state index in [1.165, 1.54) is 0 Å². The van der Waals surface area contributed by atoms with Gasteiger partial charge in [0.05, 0.1) is 5.54 Å². The van der Waals surface area contributed by atoms with E-state index >= 15 is 0 Å². The van der Waals surface area contributed by atoms with Gasteiger partial charge >= 0.3 is 0 Å². The summed E-state index contributed by atoms with van der Waals surface area (Å²) in [6, 6.07) is 6.69. The Balaban J connectivity index is 2.78. The van der Waals surface area contributed by atoms with Gasteiger partial charge in [-0.3, -0.25) is 9.59 Å². The minimum absolute atomic E-state index is 0.159. The molecule has 0 saturated heterocycles. The average molecular weight is 263 g/mol. The highest BCUT2D eigenvalue weighted by molar-refractivity contribution is 5.99. The standard InChI is InChI=1S/C14H21N3O2/c1-4-14(15,5-2)13(19)17-11-8-6-10(7-9-11)12(18)16-3/h6-9H,4-5,15H2,1-3H3,(H,16,18)(H,17,19). The molecule has 2 amide bonds. The number of hydrogen-bond donors (Lipinski definition) is 3. The minimum Gasteiger partial charge on any atom is -0.355 e. The van der Waals surface area contributed by atoms with Gasteiger partial charge in [-0.05, 0) is 37.1 Å². The van der Waals surface area contributed by atoms with Crippen molar-refractivity contribution in [3.8, 4) is 0 Å². The van der Waals surface area contributed by atoms with Gasteiger partial charge in [0.2, 0.25) is 5.91 Å². The fourth-order valence-corrected chi connectivity index (χ4v) is 1.68. The second-order valence-electron chi connectivity index (χ2n) is 4.47. The Kier molecular flexibility index (Phi) is 5.06. The molecule has 0 aliphatic carbocycles. The van der Waals surface area contributed by atoms with Gasteiger partial charge < -0.3 is 16.4 Å². The molecule has 0 saturated carbocycles. The predicted molar refractivity (Wildman–Crippen MR) is 76.0 cm³/mol. The van der Waals surface area contributed by atoms with Gasteiger partial charge in [-0.15, -0.1) is 0 Å². The highest BCUT2D eigenvalue weighted by Crippen LogP contribution is 2.16. The van der Waals surface area contributed by atoms with Crippen LogP contribution in [0.5, 0.6) is 0 Å². The van der Waals surface area contributed by atoms with Crippen LogP contribution in [0.1, 0.15) is 37.0 Å². The number of nitrogens with one attached hydrogen (secondary N) is 2. The molecular formula is C14H21N3O2. The normalized spacial score (nSPS) is 10.9. The first kappa shape index (κ1) is 15.2. The lowest BCUT2D eigenvalue weighted by Crippen LogP contribution is -2.50. The zero-order valence-corrected chi connectivity index (χ0v) is 11.6. The zero-order valence-electron chi connectivity index (χ0n) is 11.6. The third-order valence-electron chi connectivity index (χ3n) is 3.35. The highest BCUT2D eigenvalue weighted by Gasteiger charge is 2.29. The first-order valence-corrected chi connectivity index (χ1v) is 6.39. The number of rotatable bonds is 5. The summed E-state index contributed by atoms with van der Waals surface area (Å²) < 4.78 is 0. The van der Waals surface area contributed by atoms with Crippen LogP contribution in [-0.2, 0) is 4.79 Å². The maximum Gasteiger partial charge on any atom is 0.251 e. The van der Waals surface area contributed by atoms with Crippen molar-refractivity contribution in [3.05, 3.63) is 29.8 Å². The Hall–Kier alpha value is -1.88. The molecule has 0 aliphatic heterocycles. The molecule has 0 radical (unpaired) electrons. The average Bonchev–Trinajstić information content (AvgIpc) is 2.46. The second kappa shape index (κ2) is 6.33. The molecule has 0 aromatic heterocycles. The quantitative estimate of drug-likeness (QED) is 0.752. The molecular weight excluding hydrogens is 242 g/mol. The Morgan fingerprint density at radius 2 is 1.68 bits per heavy atom. The molecule has 4 N–H and O–H groups in total. The summed E-state index contributed by atoms with van der Waals surface area (Å²) in [6.45, 7) is 3.77. The fraction of sp³-hybridized carbons (Fsp3) is 0.429. The summed E-state index contributed by atoms with van der Waals surface area (Å²) in [5.41, 5.74) is 6.34. The van der Waals surface area contributed by atoms with Gasteiger partial charge in [0.25, 0.3) is 5.91 Å². The predicted octanol–water partition coefficient (Wildman–Crippen LogP) is 1.50. The van der Waals surface area contributed by atoms with E-state index in [1.54, 1.807) is 31.3 Å². The summed E-state index contributed by atoms with van der Waals surface area (Å²) in [4.78, 5) is 23.4. The van der Waals surface area contributed by atoms with Crippen molar-refractivity contribution in [1.82, 2.24) is 5.32 Å². The van der Waals surface area contributed by atoms with Crippen molar-refractivity contribution in [2.75, 3.05) is 12.4 Å². The lowest BCUT2D eigenvalue weighted by Gasteiger charge is -2.25. The van der Waals surface area contributed by atoms with Crippen molar-refractivity contribution in [3.63, 3.8) is 0 Å². The highest BCUT2D eigenvalue weighted by atomic mass is 16.2. The van der Waals surface area contributed by atoms with E-state index in [0.29, 0.717) is 24.1 Å². The number of benzene rings is 1. The van der Waals surface area contributed by atoms with Gasteiger partial charge in [-0.2, -0.15) is 0 Å². The van der Waals surface area contributed by atoms with Crippen LogP contribution in [0.3, 0.4) is 0 Å². The van der Waals surface area contributed by atoms with Gasteiger partial charge in [0.15, 0.2) is 0 Å². The van der Waals surface area contributed by atoms with Crippen molar-refractivity contribution in [1.29, 1.82) is 0 Å². The molecule has 1 aromatic carbocycles. The van der Waals surface area contributed by atoms with Crippen LogP contribution in [0.15, 0.2) is 24.3 Å². The Labute approximate surface area is 113 Å². The number of hydrogen-bond acceptors (Lipinski definition) is 3. The third kappa shape index (κ3) is 3.54. The number of nitrogens with two attached hydrogens (primary N) is 1. The van der Waals surface area contributed by atoms with E-state index < -0.39 is 5.54 Å². The molecule has 5 heteroatoms. The molecule has 19 heavy (non-hydrogen) atoms. The molecule has 1 rings (SSSR count). The smallest absolute Gasteiger partial charge is 0.251 e. The van der Waals surface area contributed by atoms with Crippen LogP contribution < -0.4 is 16.4 Å². The molecule has 0 heterocycles. The molecule has 1 aromatic rings. The van der Waals surface area contributed by atoms with E-state index in [4.69, 9.17) is 5.73 Å². The van der Waals surface area contributed by atoms with Crippen LogP contribution in [0.4, 0.5) is 5.69 Å². The first-order chi connectivity index (χ1) is 8.96. The SMILES string of the molecule is CCC(N)(CC)C(=O)Nc1ccc(C(=O)NC)cc1. The fourth-order valence-electron chi connectivity index (χ4n) is 1.68. The van der Waals surface area contributed by atoms with Crippen molar-refractivity contribution in [2.24, 2.45) is 5.73 Å². The molecule has 0 atom stereocenters. The zero-order chi connectivity index (χ0) is 14.5. The second-order valence-corrected chi connectivity index (χ2v) is 4.47. The summed E-state index contributed by atoms with van der Waals surface area (Å²) >= 11 is 0. The Morgan fingerprint density at radius 1 is 1.16 bits per heavy atom. The van der Waals surface area contributed by atoms with Gasteiger partial charge in [0, 0.05) is 18.3 Å². The Bertz CT molecular complexity index is 450. The summed E-state index contributed by atoms with van der Waals surface area (Å²) in [6.07, 6.45) is 1.15.